The monoisotopic (exact) mass is 464 g/mol. The quantitative estimate of drug-likeness (QED) is 0.195. The summed E-state index contributed by atoms with van der Waals surface area (Å²) in [6.07, 6.45) is 2.44. The molecule has 1 heterocycles. The van der Waals surface area contributed by atoms with Crippen LogP contribution in [0.2, 0.25) is 0 Å². The predicted molar refractivity (Wildman–Crippen MR) is 111 cm³/mol. The smallest absolute Gasteiger partial charge is 0.542 e. The Hall–Kier alpha value is -1.68. The number of carbonyl (C=O) groups excluding carboxylic acids is 2. The SMILES string of the molecule is Cc1cc(/C=C(\OC2CCCCO2)C(=O)[O-])cc(C)c1OC(=O)OCc1ccccc1.[K+]. The van der Waals surface area contributed by atoms with Crippen molar-refractivity contribution in [3.8, 4) is 5.75 Å². The zero-order valence-electron chi connectivity index (χ0n) is 18.6. The molecule has 2 aromatic rings. The molecular weight excluding hydrogens is 439 g/mol. The molecule has 1 atom stereocenters. The molecule has 0 amide bonds. The molecule has 2 aromatic carbocycles. The molecule has 0 radical (unpaired) electrons. The Morgan fingerprint density at radius 2 is 1.81 bits per heavy atom. The Labute approximate surface area is 230 Å². The standard InChI is InChI=1S/C24H26O7.K/c1-16-12-19(14-20(23(25)26)30-21-10-6-7-11-28-21)13-17(2)22(16)31-24(27)29-15-18-8-4-3-5-9-18;/h3-5,8-9,12-14,21H,6-7,10-11,15H2,1-2H3,(H,25,26);/q;+1/p-1/b20-14-;. The molecule has 1 unspecified atom stereocenters. The number of hydrogen-bond donors (Lipinski definition) is 0. The molecule has 32 heavy (non-hydrogen) atoms. The van der Waals surface area contributed by atoms with Crippen LogP contribution in [0.25, 0.3) is 6.08 Å². The van der Waals surface area contributed by atoms with E-state index in [2.05, 4.69) is 0 Å². The number of aryl methyl sites for hydroxylation is 2. The Kier molecular flexibility index (Phi) is 10.9. The van der Waals surface area contributed by atoms with E-state index >= 15 is 0 Å². The van der Waals surface area contributed by atoms with Crippen molar-refractivity contribution in [3.05, 3.63) is 70.5 Å². The fraction of sp³-hybridized carbons (Fsp3) is 0.333. The minimum Gasteiger partial charge on any atom is -0.542 e. The van der Waals surface area contributed by atoms with Crippen LogP contribution in [0.5, 0.6) is 5.75 Å². The molecule has 1 fully saturated rings. The van der Waals surface area contributed by atoms with Crippen LogP contribution in [0.15, 0.2) is 48.2 Å². The van der Waals surface area contributed by atoms with Gasteiger partial charge in [-0.1, -0.05) is 30.3 Å². The summed E-state index contributed by atoms with van der Waals surface area (Å²) < 4.78 is 21.4. The third-order valence-electron chi connectivity index (χ3n) is 4.76. The van der Waals surface area contributed by atoms with E-state index in [0.717, 1.165) is 18.4 Å². The van der Waals surface area contributed by atoms with Crippen LogP contribution < -0.4 is 61.2 Å². The van der Waals surface area contributed by atoms with Gasteiger partial charge < -0.3 is 28.8 Å². The van der Waals surface area contributed by atoms with Gasteiger partial charge in [0.2, 0.25) is 0 Å². The van der Waals surface area contributed by atoms with Crippen molar-refractivity contribution in [2.24, 2.45) is 0 Å². The van der Waals surface area contributed by atoms with E-state index < -0.39 is 18.4 Å². The Balaban J connectivity index is 0.00000363. The third kappa shape index (κ3) is 8.02. The summed E-state index contributed by atoms with van der Waals surface area (Å²) in [5.74, 6) is -1.36. The van der Waals surface area contributed by atoms with E-state index in [-0.39, 0.29) is 63.8 Å². The number of carboxylic acid groups (broad SMARTS) is 1. The molecule has 1 aliphatic heterocycles. The molecule has 0 aromatic heterocycles. The molecule has 8 heteroatoms. The van der Waals surface area contributed by atoms with E-state index in [1.807, 2.05) is 30.3 Å². The van der Waals surface area contributed by atoms with Gasteiger partial charge in [0, 0.05) is 6.42 Å². The molecule has 0 saturated carbocycles. The normalized spacial score (nSPS) is 15.9. The van der Waals surface area contributed by atoms with E-state index in [1.54, 1.807) is 26.0 Å². The van der Waals surface area contributed by atoms with Gasteiger partial charge >= 0.3 is 57.5 Å². The fourth-order valence-corrected chi connectivity index (χ4v) is 3.30. The summed E-state index contributed by atoms with van der Waals surface area (Å²) in [4.78, 5) is 23.6. The van der Waals surface area contributed by atoms with E-state index in [4.69, 9.17) is 18.9 Å². The average Bonchev–Trinajstić information content (AvgIpc) is 2.76. The molecule has 1 saturated heterocycles. The maximum absolute atomic E-state index is 12.1. The van der Waals surface area contributed by atoms with Crippen LogP contribution in [0.4, 0.5) is 4.79 Å². The summed E-state index contributed by atoms with van der Waals surface area (Å²) in [6, 6.07) is 12.7. The summed E-state index contributed by atoms with van der Waals surface area (Å²) in [5, 5.41) is 11.5. The number of carbonyl (C=O) groups is 2. The molecule has 0 N–H and O–H groups in total. The minimum atomic E-state index is -1.42. The van der Waals surface area contributed by atoms with Crippen LogP contribution in [0.1, 0.15) is 41.5 Å². The molecule has 1 aliphatic rings. The Bertz CT molecular complexity index is 927. The topological polar surface area (TPSA) is 94.1 Å². The van der Waals surface area contributed by atoms with Gasteiger partial charge in [-0.15, -0.1) is 0 Å². The van der Waals surface area contributed by atoms with Crippen molar-refractivity contribution in [1.29, 1.82) is 0 Å². The van der Waals surface area contributed by atoms with Crippen molar-refractivity contribution in [2.75, 3.05) is 6.61 Å². The van der Waals surface area contributed by atoms with E-state index in [1.165, 1.54) is 6.08 Å². The minimum absolute atomic E-state index is 0. The van der Waals surface area contributed by atoms with Crippen LogP contribution >= 0.6 is 0 Å². The van der Waals surface area contributed by atoms with Crippen LogP contribution in [0, 0.1) is 13.8 Å². The second kappa shape index (κ2) is 13.1. The van der Waals surface area contributed by atoms with Gasteiger partial charge in [0.05, 0.1) is 6.61 Å². The zero-order valence-corrected chi connectivity index (χ0v) is 21.7. The predicted octanol–water partition coefficient (Wildman–Crippen LogP) is 0.657. The number of hydrogen-bond acceptors (Lipinski definition) is 7. The van der Waals surface area contributed by atoms with Gasteiger partial charge in [-0.25, -0.2) is 4.79 Å². The second-order valence-corrected chi connectivity index (χ2v) is 7.32. The van der Waals surface area contributed by atoms with Crippen LogP contribution in [-0.4, -0.2) is 25.0 Å². The molecule has 3 rings (SSSR count). The van der Waals surface area contributed by atoms with Crippen LogP contribution in [0.3, 0.4) is 0 Å². The summed E-state index contributed by atoms with van der Waals surface area (Å²) >= 11 is 0. The zero-order chi connectivity index (χ0) is 22.2. The van der Waals surface area contributed by atoms with Crippen molar-refractivity contribution in [2.45, 2.75) is 46.0 Å². The maximum atomic E-state index is 12.1. The fourth-order valence-electron chi connectivity index (χ4n) is 3.30. The number of carboxylic acids is 1. The van der Waals surface area contributed by atoms with Crippen LogP contribution in [-0.2, 0) is 25.6 Å². The molecule has 0 spiro atoms. The Morgan fingerprint density at radius 1 is 1.12 bits per heavy atom. The number of benzene rings is 2. The first-order chi connectivity index (χ1) is 14.9. The number of aliphatic carboxylic acids is 1. The molecule has 164 valence electrons. The summed E-state index contributed by atoms with van der Waals surface area (Å²) in [7, 11) is 0. The van der Waals surface area contributed by atoms with Crippen molar-refractivity contribution >= 4 is 18.2 Å². The molecule has 0 aliphatic carbocycles. The number of ether oxygens (including phenoxy) is 4. The van der Waals surface area contributed by atoms with Gasteiger partial charge in [-0.2, -0.15) is 0 Å². The summed E-state index contributed by atoms with van der Waals surface area (Å²) in [6.45, 7) is 4.16. The molecule has 7 nitrogen and oxygen atoms in total. The third-order valence-corrected chi connectivity index (χ3v) is 4.76. The second-order valence-electron chi connectivity index (χ2n) is 7.32. The van der Waals surface area contributed by atoms with Gasteiger partial charge in [-0.3, -0.25) is 0 Å². The van der Waals surface area contributed by atoms with Crippen molar-refractivity contribution < 1.29 is 85.0 Å². The molecule has 0 bridgehead atoms. The average molecular weight is 465 g/mol. The first kappa shape index (κ1) is 26.6. The summed E-state index contributed by atoms with van der Waals surface area (Å²) in [5.41, 5.74) is 2.73. The maximum Gasteiger partial charge on any atom is 1.00 e. The first-order valence-corrected chi connectivity index (χ1v) is 10.1. The van der Waals surface area contributed by atoms with E-state index in [0.29, 0.717) is 35.5 Å². The molecular formula is C24H25KO7. The van der Waals surface area contributed by atoms with Gasteiger partial charge in [0.15, 0.2) is 6.29 Å². The largest absolute Gasteiger partial charge is 1.00 e. The van der Waals surface area contributed by atoms with Crippen molar-refractivity contribution in [1.82, 2.24) is 0 Å². The van der Waals surface area contributed by atoms with Gasteiger partial charge in [-0.05, 0) is 67.2 Å². The first-order valence-electron chi connectivity index (χ1n) is 10.1. The van der Waals surface area contributed by atoms with Gasteiger partial charge in [0.1, 0.15) is 24.1 Å². The van der Waals surface area contributed by atoms with E-state index in [9.17, 15) is 14.7 Å². The van der Waals surface area contributed by atoms with Gasteiger partial charge in [0.25, 0.3) is 0 Å². The van der Waals surface area contributed by atoms with Crippen molar-refractivity contribution in [3.63, 3.8) is 0 Å². The number of rotatable bonds is 7. The Morgan fingerprint density at radius 3 is 2.41 bits per heavy atom.